The van der Waals surface area contributed by atoms with Crippen molar-refractivity contribution >= 4 is 11.9 Å². The molecule has 3 rings (SSSR count). The van der Waals surface area contributed by atoms with Crippen LogP contribution in [0, 0.1) is 17.8 Å². The summed E-state index contributed by atoms with van der Waals surface area (Å²) < 4.78 is 5.96. The minimum atomic E-state index is -0.144. The van der Waals surface area contributed by atoms with Crippen molar-refractivity contribution in [3.63, 3.8) is 0 Å². The van der Waals surface area contributed by atoms with Gasteiger partial charge in [0.2, 0.25) is 5.91 Å². The van der Waals surface area contributed by atoms with E-state index in [-0.39, 0.29) is 36.0 Å². The van der Waals surface area contributed by atoms with Gasteiger partial charge in [-0.2, -0.15) is 0 Å². The van der Waals surface area contributed by atoms with Gasteiger partial charge in [-0.25, -0.2) is 0 Å². The number of fused-ring (bicyclic) bond motifs is 1. The molecule has 2 saturated carbocycles. The predicted molar refractivity (Wildman–Crippen MR) is 92.3 cm³/mol. The molecule has 1 heterocycles. The van der Waals surface area contributed by atoms with Crippen LogP contribution in [0.3, 0.4) is 0 Å². The number of rotatable bonds is 6. The normalized spacial score (nSPS) is 34.5. The fourth-order valence-electron chi connectivity index (χ4n) is 5.33. The Bertz CT molecular complexity index is 509. The van der Waals surface area contributed by atoms with Crippen molar-refractivity contribution in [1.29, 1.82) is 0 Å². The Morgan fingerprint density at radius 2 is 1.79 bits per heavy atom. The van der Waals surface area contributed by atoms with Gasteiger partial charge >= 0.3 is 5.97 Å². The van der Waals surface area contributed by atoms with Gasteiger partial charge in [0.15, 0.2) is 0 Å². The highest BCUT2D eigenvalue weighted by atomic mass is 16.5. The first-order chi connectivity index (χ1) is 11.2. The van der Waals surface area contributed by atoms with Crippen LogP contribution in [0.2, 0.25) is 0 Å². The zero-order valence-corrected chi connectivity index (χ0v) is 15.9. The summed E-state index contributed by atoms with van der Waals surface area (Å²) in [6.45, 7) is 12.9. The van der Waals surface area contributed by atoms with Crippen LogP contribution in [-0.4, -0.2) is 58.5 Å². The largest absolute Gasteiger partial charge is 0.459 e. The van der Waals surface area contributed by atoms with Crippen molar-refractivity contribution in [2.75, 3.05) is 6.54 Å². The highest BCUT2D eigenvalue weighted by molar-refractivity contribution is 5.84. The summed E-state index contributed by atoms with van der Waals surface area (Å²) in [6, 6.07) is 0.900. The topological polar surface area (TPSA) is 49.9 Å². The molecular weight excluding hydrogens is 304 g/mol. The summed E-state index contributed by atoms with van der Waals surface area (Å²) >= 11 is 0. The first-order valence-corrected chi connectivity index (χ1v) is 9.49. The third-order valence-corrected chi connectivity index (χ3v) is 6.24. The molecule has 0 aromatic carbocycles. The van der Waals surface area contributed by atoms with E-state index >= 15 is 0 Å². The number of nitrogens with zero attached hydrogens (tertiary/aromatic N) is 2. The summed E-state index contributed by atoms with van der Waals surface area (Å²) in [5.74, 6) is 1.09. The molecule has 3 aliphatic rings. The summed E-state index contributed by atoms with van der Waals surface area (Å²) in [5, 5.41) is 0. The molecule has 5 nitrogen and oxygen atoms in total. The molecule has 2 bridgehead atoms. The molecule has 5 atom stereocenters. The van der Waals surface area contributed by atoms with Crippen LogP contribution in [0.25, 0.3) is 0 Å². The van der Waals surface area contributed by atoms with E-state index in [1.165, 1.54) is 0 Å². The molecule has 0 aromatic heterocycles. The van der Waals surface area contributed by atoms with Gasteiger partial charge < -0.3 is 9.64 Å². The Balaban J connectivity index is 1.70. The third-order valence-electron chi connectivity index (χ3n) is 6.24. The van der Waals surface area contributed by atoms with Gasteiger partial charge in [0.05, 0.1) is 12.6 Å². The molecule has 1 saturated heterocycles. The predicted octanol–water partition coefficient (Wildman–Crippen LogP) is 2.29. The van der Waals surface area contributed by atoms with E-state index in [0.717, 1.165) is 12.8 Å². The zero-order chi connectivity index (χ0) is 17.8. The second-order valence-corrected chi connectivity index (χ2v) is 8.65. The van der Waals surface area contributed by atoms with Crippen LogP contribution >= 0.6 is 0 Å². The number of amides is 1. The molecule has 0 N–H and O–H groups in total. The molecule has 3 fully saturated rings. The van der Waals surface area contributed by atoms with Crippen molar-refractivity contribution in [2.45, 2.75) is 84.7 Å². The number of hydrogen-bond donors (Lipinski definition) is 0. The molecule has 0 radical (unpaired) electrons. The summed E-state index contributed by atoms with van der Waals surface area (Å²) in [5.41, 5.74) is 0. The maximum Gasteiger partial charge on any atom is 0.320 e. The van der Waals surface area contributed by atoms with Gasteiger partial charge in [0.1, 0.15) is 6.10 Å². The lowest BCUT2D eigenvalue weighted by molar-refractivity contribution is -0.157. The zero-order valence-electron chi connectivity index (χ0n) is 15.9. The van der Waals surface area contributed by atoms with Crippen LogP contribution in [0.1, 0.15) is 54.4 Å². The molecule has 5 heteroatoms. The van der Waals surface area contributed by atoms with Crippen molar-refractivity contribution < 1.29 is 14.3 Å². The molecule has 1 amide bonds. The molecule has 24 heavy (non-hydrogen) atoms. The average molecular weight is 336 g/mol. The maximum atomic E-state index is 12.6. The Kier molecular flexibility index (Phi) is 4.67. The highest BCUT2D eigenvalue weighted by Crippen LogP contribution is 2.56. The van der Waals surface area contributed by atoms with Gasteiger partial charge in [0.25, 0.3) is 0 Å². The fourth-order valence-corrected chi connectivity index (χ4v) is 5.33. The lowest BCUT2D eigenvalue weighted by Gasteiger charge is -2.35. The second kappa shape index (κ2) is 6.32. The van der Waals surface area contributed by atoms with Gasteiger partial charge in [0, 0.05) is 24.0 Å². The van der Waals surface area contributed by atoms with Crippen molar-refractivity contribution in [1.82, 2.24) is 9.80 Å². The quantitative estimate of drug-likeness (QED) is 0.698. The fraction of sp³-hybridized carbons (Fsp3) is 0.895. The minimum Gasteiger partial charge on any atom is -0.459 e. The Morgan fingerprint density at radius 3 is 2.33 bits per heavy atom. The number of carbonyl (C=O) groups is 2. The SMILES string of the molecule is CC(C)N(CC(=O)OC1C2CC3C(=O)N(C(C)C)C1C3C2)C(C)C. The first kappa shape index (κ1) is 17.7. The number of ether oxygens (including phenoxy) is 1. The van der Waals surface area contributed by atoms with Gasteiger partial charge in [-0.15, -0.1) is 0 Å². The highest BCUT2D eigenvalue weighted by Gasteiger charge is 2.64. The number of carbonyl (C=O) groups excluding carboxylic acids is 2. The summed E-state index contributed by atoms with van der Waals surface area (Å²) in [4.78, 5) is 29.3. The second-order valence-electron chi connectivity index (χ2n) is 8.65. The average Bonchev–Trinajstić information content (AvgIpc) is 3.07. The molecule has 2 aliphatic carbocycles. The van der Waals surface area contributed by atoms with E-state index in [4.69, 9.17) is 4.74 Å². The molecular formula is C19H32N2O3. The molecule has 0 aromatic rings. The Morgan fingerprint density at radius 1 is 1.17 bits per heavy atom. The van der Waals surface area contributed by atoms with Gasteiger partial charge in [-0.1, -0.05) is 0 Å². The standard InChI is InChI=1S/C19H32N2O3/c1-10(2)20(11(3)4)9-16(22)24-18-13-7-14-15(8-13)19(23)21(12(5)6)17(14)18/h10-15,17-18H,7-9H2,1-6H3. The summed E-state index contributed by atoms with van der Waals surface area (Å²) in [6.07, 6.45) is 1.84. The van der Waals surface area contributed by atoms with Gasteiger partial charge in [-0.05, 0) is 66.2 Å². The van der Waals surface area contributed by atoms with Gasteiger partial charge in [-0.3, -0.25) is 14.5 Å². The Hall–Kier alpha value is -1.10. The smallest absolute Gasteiger partial charge is 0.320 e. The number of hydrogen-bond acceptors (Lipinski definition) is 4. The van der Waals surface area contributed by atoms with Crippen molar-refractivity contribution in [3.8, 4) is 0 Å². The number of esters is 1. The lowest BCUT2D eigenvalue weighted by atomic mass is 9.87. The maximum absolute atomic E-state index is 12.6. The van der Waals surface area contributed by atoms with Crippen LogP contribution in [0.4, 0.5) is 0 Å². The monoisotopic (exact) mass is 336 g/mol. The molecule has 5 unspecified atom stereocenters. The lowest BCUT2D eigenvalue weighted by Crippen LogP contribution is -2.48. The van der Waals surface area contributed by atoms with E-state index in [1.54, 1.807) is 0 Å². The van der Waals surface area contributed by atoms with Crippen molar-refractivity contribution in [2.24, 2.45) is 17.8 Å². The van der Waals surface area contributed by atoms with E-state index in [0.29, 0.717) is 30.5 Å². The van der Waals surface area contributed by atoms with Crippen LogP contribution in [0.15, 0.2) is 0 Å². The molecule has 0 spiro atoms. The first-order valence-electron chi connectivity index (χ1n) is 9.49. The molecule has 1 aliphatic heterocycles. The molecule has 136 valence electrons. The van der Waals surface area contributed by atoms with Crippen LogP contribution in [0.5, 0.6) is 0 Å². The summed E-state index contributed by atoms with van der Waals surface area (Å²) in [7, 11) is 0. The third kappa shape index (κ3) is 2.75. The van der Waals surface area contributed by atoms with E-state index in [1.807, 2.05) is 4.90 Å². The Labute approximate surface area is 145 Å². The van der Waals surface area contributed by atoms with Crippen LogP contribution in [-0.2, 0) is 14.3 Å². The van der Waals surface area contributed by atoms with E-state index < -0.39 is 0 Å². The van der Waals surface area contributed by atoms with E-state index in [9.17, 15) is 9.59 Å². The van der Waals surface area contributed by atoms with Crippen molar-refractivity contribution in [3.05, 3.63) is 0 Å². The minimum absolute atomic E-state index is 0.103. The van der Waals surface area contributed by atoms with Crippen LogP contribution < -0.4 is 0 Å². The number of likely N-dealkylation sites (tertiary alicyclic amines) is 1. The van der Waals surface area contributed by atoms with E-state index in [2.05, 4.69) is 46.4 Å².